The first-order valence-electron chi connectivity index (χ1n) is 7.25. The molecule has 4 heteroatoms. The van der Waals surface area contributed by atoms with Gasteiger partial charge >= 0.3 is 0 Å². The highest BCUT2D eigenvalue weighted by atomic mass is 19.1. The van der Waals surface area contributed by atoms with E-state index in [2.05, 4.69) is 10.3 Å². The zero-order chi connectivity index (χ0) is 13.5. The minimum atomic E-state index is -0.217. The molecular formula is C15H23FN2O. The van der Waals surface area contributed by atoms with E-state index in [-0.39, 0.29) is 11.9 Å². The Morgan fingerprint density at radius 1 is 1.58 bits per heavy atom. The normalized spacial score (nSPS) is 20.6. The molecule has 2 unspecified atom stereocenters. The molecule has 2 rings (SSSR count). The fraction of sp³-hybridized carbons (Fsp3) is 0.667. The molecule has 0 radical (unpaired) electrons. The Labute approximate surface area is 114 Å². The van der Waals surface area contributed by atoms with Crippen LogP contribution < -0.4 is 5.32 Å². The highest BCUT2D eigenvalue weighted by Crippen LogP contribution is 2.24. The van der Waals surface area contributed by atoms with Gasteiger partial charge in [0.1, 0.15) is 5.82 Å². The highest BCUT2D eigenvalue weighted by molar-refractivity contribution is 5.17. The number of hydrogen-bond donors (Lipinski definition) is 1. The van der Waals surface area contributed by atoms with Crippen LogP contribution in [0.5, 0.6) is 0 Å². The third-order valence-electron chi connectivity index (χ3n) is 3.67. The number of pyridine rings is 1. The van der Waals surface area contributed by atoms with E-state index >= 15 is 0 Å². The van der Waals surface area contributed by atoms with E-state index in [4.69, 9.17) is 4.74 Å². The van der Waals surface area contributed by atoms with E-state index in [1.165, 1.54) is 19.0 Å². The SMILES string of the molecule is CCNC(CCCC1CCCO1)c1ccncc1F. The first-order valence-corrected chi connectivity index (χ1v) is 7.25. The molecule has 2 heterocycles. The summed E-state index contributed by atoms with van der Waals surface area (Å²) in [6.45, 7) is 3.79. The van der Waals surface area contributed by atoms with Crippen LogP contribution in [-0.2, 0) is 4.74 Å². The molecule has 0 aliphatic carbocycles. The second kappa shape index (κ2) is 7.56. The molecule has 1 aromatic heterocycles. The van der Waals surface area contributed by atoms with Crippen LogP contribution in [0.25, 0.3) is 0 Å². The van der Waals surface area contributed by atoms with Crippen molar-refractivity contribution in [2.75, 3.05) is 13.2 Å². The Kier molecular flexibility index (Phi) is 5.73. The Morgan fingerprint density at radius 2 is 2.47 bits per heavy atom. The van der Waals surface area contributed by atoms with Crippen LogP contribution in [0.1, 0.15) is 50.6 Å². The van der Waals surface area contributed by atoms with Gasteiger partial charge in [-0.3, -0.25) is 4.98 Å². The molecule has 0 aromatic carbocycles. The highest BCUT2D eigenvalue weighted by Gasteiger charge is 2.18. The minimum Gasteiger partial charge on any atom is -0.378 e. The lowest BCUT2D eigenvalue weighted by molar-refractivity contribution is 0.101. The van der Waals surface area contributed by atoms with E-state index in [1.807, 2.05) is 6.92 Å². The molecular weight excluding hydrogens is 243 g/mol. The van der Waals surface area contributed by atoms with Gasteiger partial charge < -0.3 is 10.1 Å². The summed E-state index contributed by atoms with van der Waals surface area (Å²) in [6, 6.07) is 1.85. The van der Waals surface area contributed by atoms with Crippen LogP contribution in [0, 0.1) is 5.82 Å². The summed E-state index contributed by atoms with van der Waals surface area (Å²) in [6.07, 6.45) is 8.80. The van der Waals surface area contributed by atoms with Crippen molar-refractivity contribution >= 4 is 0 Å². The Bertz CT molecular complexity index is 380. The fourth-order valence-electron chi connectivity index (χ4n) is 2.70. The molecule has 0 amide bonds. The number of halogens is 1. The molecule has 2 atom stereocenters. The van der Waals surface area contributed by atoms with Crippen LogP contribution in [0.3, 0.4) is 0 Å². The largest absolute Gasteiger partial charge is 0.378 e. The smallest absolute Gasteiger partial charge is 0.146 e. The molecule has 3 nitrogen and oxygen atoms in total. The Balaban J connectivity index is 1.87. The molecule has 0 spiro atoms. The molecule has 1 saturated heterocycles. The van der Waals surface area contributed by atoms with Gasteiger partial charge in [0, 0.05) is 24.4 Å². The predicted octanol–water partition coefficient (Wildman–Crippen LogP) is 3.22. The maximum absolute atomic E-state index is 13.8. The summed E-state index contributed by atoms with van der Waals surface area (Å²) in [4.78, 5) is 3.81. The molecule has 1 aromatic rings. The summed E-state index contributed by atoms with van der Waals surface area (Å²) in [7, 11) is 0. The summed E-state index contributed by atoms with van der Waals surface area (Å²) in [5, 5.41) is 3.36. The zero-order valence-electron chi connectivity index (χ0n) is 11.6. The third kappa shape index (κ3) is 4.25. The number of nitrogens with zero attached hydrogens (tertiary/aromatic N) is 1. The van der Waals surface area contributed by atoms with E-state index in [9.17, 15) is 4.39 Å². The summed E-state index contributed by atoms with van der Waals surface area (Å²) in [5.74, 6) is -0.217. The number of hydrogen-bond acceptors (Lipinski definition) is 3. The maximum Gasteiger partial charge on any atom is 0.146 e. The number of aromatic nitrogens is 1. The molecule has 0 bridgehead atoms. The van der Waals surface area contributed by atoms with Crippen LogP contribution >= 0.6 is 0 Å². The third-order valence-corrected chi connectivity index (χ3v) is 3.67. The van der Waals surface area contributed by atoms with Crippen molar-refractivity contribution in [2.45, 2.75) is 51.2 Å². The molecule has 106 valence electrons. The van der Waals surface area contributed by atoms with Crippen molar-refractivity contribution in [3.05, 3.63) is 29.8 Å². The zero-order valence-corrected chi connectivity index (χ0v) is 11.6. The van der Waals surface area contributed by atoms with Gasteiger partial charge in [-0.05, 0) is 44.7 Å². The first kappa shape index (κ1) is 14.4. The monoisotopic (exact) mass is 266 g/mol. The van der Waals surface area contributed by atoms with E-state index < -0.39 is 0 Å². The van der Waals surface area contributed by atoms with E-state index in [0.29, 0.717) is 6.10 Å². The summed E-state index contributed by atoms with van der Waals surface area (Å²) < 4.78 is 19.4. The molecule has 0 saturated carbocycles. The van der Waals surface area contributed by atoms with Crippen LogP contribution in [-0.4, -0.2) is 24.2 Å². The van der Waals surface area contributed by atoms with Gasteiger partial charge in [-0.25, -0.2) is 4.39 Å². The lowest BCUT2D eigenvalue weighted by atomic mass is 9.99. The summed E-state index contributed by atoms with van der Waals surface area (Å²) >= 11 is 0. The number of rotatable bonds is 7. The van der Waals surface area contributed by atoms with Gasteiger partial charge in [-0.15, -0.1) is 0 Å². The standard InChI is InChI=1S/C15H23FN2O/c1-2-18-15(13-8-9-17-11-14(13)16)7-3-5-12-6-4-10-19-12/h8-9,11-12,15,18H,2-7,10H2,1H3. The quantitative estimate of drug-likeness (QED) is 0.822. The maximum atomic E-state index is 13.8. The van der Waals surface area contributed by atoms with Gasteiger partial charge in [0.15, 0.2) is 0 Å². The molecule has 1 N–H and O–H groups in total. The Hall–Kier alpha value is -1.00. The summed E-state index contributed by atoms with van der Waals surface area (Å²) in [5.41, 5.74) is 0.726. The number of nitrogens with one attached hydrogen (secondary N) is 1. The first-order chi connectivity index (χ1) is 9.31. The van der Waals surface area contributed by atoms with Gasteiger partial charge in [0.05, 0.1) is 12.3 Å². The second-order valence-corrected chi connectivity index (χ2v) is 5.07. The number of ether oxygens (including phenoxy) is 1. The lowest BCUT2D eigenvalue weighted by Crippen LogP contribution is -2.22. The van der Waals surface area contributed by atoms with Crippen molar-refractivity contribution in [3.63, 3.8) is 0 Å². The topological polar surface area (TPSA) is 34.1 Å². The molecule has 19 heavy (non-hydrogen) atoms. The van der Waals surface area contributed by atoms with Crippen LogP contribution in [0.15, 0.2) is 18.5 Å². The van der Waals surface area contributed by atoms with Crippen molar-refractivity contribution in [3.8, 4) is 0 Å². The average molecular weight is 266 g/mol. The van der Waals surface area contributed by atoms with Crippen molar-refractivity contribution in [1.82, 2.24) is 10.3 Å². The fourth-order valence-corrected chi connectivity index (χ4v) is 2.70. The predicted molar refractivity (Wildman–Crippen MR) is 73.4 cm³/mol. The van der Waals surface area contributed by atoms with Gasteiger partial charge in [-0.1, -0.05) is 6.92 Å². The van der Waals surface area contributed by atoms with Crippen molar-refractivity contribution in [1.29, 1.82) is 0 Å². The minimum absolute atomic E-state index is 0.0782. The van der Waals surface area contributed by atoms with Gasteiger partial charge in [0.2, 0.25) is 0 Å². The molecule has 1 aliphatic heterocycles. The van der Waals surface area contributed by atoms with Crippen LogP contribution in [0.4, 0.5) is 4.39 Å². The lowest BCUT2D eigenvalue weighted by Gasteiger charge is -2.19. The van der Waals surface area contributed by atoms with E-state index in [0.717, 1.165) is 38.0 Å². The second-order valence-electron chi connectivity index (χ2n) is 5.07. The van der Waals surface area contributed by atoms with E-state index in [1.54, 1.807) is 12.3 Å². The Morgan fingerprint density at radius 3 is 3.16 bits per heavy atom. The van der Waals surface area contributed by atoms with Crippen LogP contribution in [0.2, 0.25) is 0 Å². The average Bonchev–Trinajstić information content (AvgIpc) is 2.92. The molecule has 1 fully saturated rings. The molecule has 1 aliphatic rings. The van der Waals surface area contributed by atoms with Gasteiger partial charge in [-0.2, -0.15) is 0 Å². The van der Waals surface area contributed by atoms with Crippen molar-refractivity contribution < 1.29 is 9.13 Å². The van der Waals surface area contributed by atoms with Crippen molar-refractivity contribution in [2.24, 2.45) is 0 Å². The van der Waals surface area contributed by atoms with Gasteiger partial charge in [0.25, 0.3) is 0 Å².